The lowest BCUT2D eigenvalue weighted by Gasteiger charge is -2.25. The van der Waals surface area contributed by atoms with E-state index in [1.807, 2.05) is 6.92 Å². The first-order chi connectivity index (χ1) is 5.72. The number of hydrogen-bond donors (Lipinski definition) is 0. The van der Waals surface area contributed by atoms with Crippen LogP contribution in [0.2, 0.25) is 0 Å². The van der Waals surface area contributed by atoms with E-state index in [0.29, 0.717) is 5.78 Å². The quantitative estimate of drug-likeness (QED) is 0.628. The Morgan fingerprint density at radius 1 is 1.17 bits per heavy atom. The van der Waals surface area contributed by atoms with Gasteiger partial charge in [0.2, 0.25) is 0 Å². The van der Waals surface area contributed by atoms with Gasteiger partial charge in [0.1, 0.15) is 5.78 Å². The molecule has 0 bridgehead atoms. The Balaban J connectivity index is 2.42. The molecule has 1 rings (SSSR count). The number of carbonyl (C=O) groups excluding carboxylic acids is 1. The molecule has 0 aliphatic carbocycles. The van der Waals surface area contributed by atoms with Crippen LogP contribution in [0.1, 0.15) is 39.5 Å². The number of rotatable bonds is 2. The fraction of sp³-hybridized carbons (Fsp3) is 0.900. The molecule has 70 valence electrons. The summed E-state index contributed by atoms with van der Waals surface area (Å²) in [6.45, 7) is 5.94. The Morgan fingerprint density at radius 2 is 1.67 bits per heavy atom. The highest BCUT2D eigenvalue weighted by molar-refractivity contribution is 5.80. The van der Waals surface area contributed by atoms with Crippen LogP contribution in [0.15, 0.2) is 0 Å². The summed E-state index contributed by atoms with van der Waals surface area (Å²) < 4.78 is 0. The molecule has 2 heteroatoms. The van der Waals surface area contributed by atoms with Gasteiger partial charge >= 0.3 is 0 Å². The lowest BCUT2D eigenvalue weighted by Crippen LogP contribution is -2.38. The maximum atomic E-state index is 11.1. The van der Waals surface area contributed by atoms with E-state index in [0.717, 1.165) is 13.1 Å². The Morgan fingerprint density at radius 3 is 2.08 bits per heavy atom. The summed E-state index contributed by atoms with van der Waals surface area (Å²) in [7, 11) is 0. The summed E-state index contributed by atoms with van der Waals surface area (Å²) in [6, 6.07) is 0.142. The van der Waals surface area contributed by atoms with Gasteiger partial charge in [-0.05, 0) is 39.8 Å². The average molecular weight is 169 g/mol. The van der Waals surface area contributed by atoms with E-state index < -0.39 is 0 Å². The van der Waals surface area contributed by atoms with Crippen LogP contribution < -0.4 is 0 Å². The van der Waals surface area contributed by atoms with Crippen LogP contribution >= 0.6 is 0 Å². The molecule has 1 aliphatic rings. The fourth-order valence-electron chi connectivity index (χ4n) is 1.74. The van der Waals surface area contributed by atoms with Crippen molar-refractivity contribution in [3.05, 3.63) is 0 Å². The van der Waals surface area contributed by atoms with Crippen molar-refractivity contribution >= 4 is 5.78 Å². The first kappa shape index (κ1) is 9.72. The van der Waals surface area contributed by atoms with Crippen molar-refractivity contribution in [1.82, 2.24) is 4.90 Å². The third-order valence-electron chi connectivity index (χ3n) is 2.78. The third kappa shape index (κ3) is 2.59. The first-order valence-corrected chi connectivity index (χ1v) is 4.96. The topological polar surface area (TPSA) is 20.3 Å². The monoisotopic (exact) mass is 169 g/mol. The lowest BCUT2D eigenvalue weighted by atomic mass is 10.2. The summed E-state index contributed by atoms with van der Waals surface area (Å²) in [5.41, 5.74) is 0. The maximum absolute atomic E-state index is 11.1. The minimum absolute atomic E-state index is 0.142. The standard InChI is InChI=1S/C10H19NO/c1-9(10(2)12)11-7-5-3-4-6-8-11/h9H,3-8H2,1-2H3. The highest BCUT2D eigenvalue weighted by atomic mass is 16.1. The molecule has 1 heterocycles. The van der Waals surface area contributed by atoms with Gasteiger partial charge in [-0.2, -0.15) is 0 Å². The molecule has 0 radical (unpaired) electrons. The molecular weight excluding hydrogens is 150 g/mol. The summed E-state index contributed by atoms with van der Waals surface area (Å²) in [4.78, 5) is 13.4. The molecule has 0 aromatic carbocycles. The fourth-order valence-corrected chi connectivity index (χ4v) is 1.74. The van der Waals surface area contributed by atoms with E-state index in [-0.39, 0.29) is 6.04 Å². The van der Waals surface area contributed by atoms with Crippen molar-refractivity contribution in [2.45, 2.75) is 45.6 Å². The van der Waals surface area contributed by atoms with E-state index in [4.69, 9.17) is 0 Å². The van der Waals surface area contributed by atoms with Crippen molar-refractivity contribution in [2.24, 2.45) is 0 Å². The van der Waals surface area contributed by atoms with Crippen molar-refractivity contribution in [2.75, 3.05) is 13.1 Å². The average Bonchev–Trinajstić information content (AvgIpc) is 2.30. The minimum Gasteiger partial charge on any atom is -0.298 e. The Kier molecular flexibility index (Phi) is 3.73. The Hall–Kier alpha value is -0.370. The van der Waals surface area contributed by atoms with Gasteiger partial charge in [-0.15, -0.1) is 0 Å². The number of likely N-dealkylation sites (tertiary alicyclic amines) is 1. The van der Waals surface area contributed by atoms with Crippen molar-refractivity contribution < 1.29 is 4.79 Å². The van der Waals surface area contributed by atoms with Gasteiger partial charge in [0.05, 0.1) is 6.04 Å². The van der Waals surface area contributed by atoms with E-state index in [9.17, 15) is 4.79 Å². The summed E-state index contributed by atoms with van der Waals surface area (Å²) >= 11 is 0. The normalized spacial score (nSPS) is 23.2. The summed E-state index contributed by atoms with van der Waals surface area (Å²) in [5.74, 6) is 0.303. The van der Waals surface area contributed by atoms with Crippen LogP contribution in [0.5, 0.6) is 0 Å². The first-order valence-electron chi connectivity index (χ1n) is 4.96. The molecule has 1 saturated heterocycles. The second kappa shape index (κ2) is 4.61. The van der Waals surface area contributed by atoms with Crippen LogP contribution in [0.3, 0.4) is 0 Å². The van der Waals surface area contributed by atoms with Crippen LogP contribution in [0.4, 0.5) is 0 Å². The summed E-state index contributed by atoms with van der Waals surface area (Å²) in [5, 5.41) is 0. The van der Waals surface area contributed by atoms with Crippen LogP contribution in [0.25, 0.3) is 0 Å². The molecular formula is C10H19NO. The molecule has 0 spiro atoms. The summed E-state index contributed by atoms with van der Waals surface area (Å²) in [6.07, 6.45) is 5.19. The predicted octanol–water partition coefficient (Wildman–Crippen LogP) is 1.84. The highest BCUT2D eigenvalue weighted by Gasteiger charge is 2.18. The molecule has 0 amide bonds. The van der Waals surface area contributed by atoms with Crippen molar-refractivity contribution in [3.8, 4) is 0 Å². The van der Waals surface area contributed by atoms with Crippen molar-refractivity contribution in [1.29, 1.82) is 0 Å². The molecule has 0 aromatic heterocycles. The molecule has 1 aliphatic heterocycles. The molecule has 1 atom stereocenters. The number of carbonyl (C=O) groups is 1. The molecule has 0 aromatic rings. The van der Waals surface area contributed by atoms with Gasteiger partial charge in [-0.3, -0.25) is 9.69 Å². The van der Waals surface area contributed by atoms with Crippen LogP contribution in [-0.2, 0) is 4.79 Å². The van der Waals surface area contributed by atoms with Gasteiger partial charge in [0.15, 0.2) is 0 Å². The smallest absolute Gasteiger partial charge is 0.146 e. The minimum atomic E-state index is 0.142. The molecule has 0 saturated carbocycles. The van der Waals surface area contributed by atoms with E-state index in [1.54, 1.807) is 6.92 Å². The Labute approximate surface area is 74.9 Å². The van der Waals surface area contributed by atoms with Gasteiger partial charge < -0.3 is 0 Å². The van der Waals surface area contributed by atoms with Gasteiger partial charge in [-0.25, -0.2) is 0 Å². The van der Waals surface area contributed by atoms with Gasteiger partial charge in [0.25, 0.3) is 0 Å². The molecule has 2 nitrogen and oxygen atoms in total. The third-order valence-corrected chi connectivity index (χ3v) is 2.78. The second-order valence-electron chi connectivity index (χ2n) is 3.74. The molecule has 1 fully saturated rings. The SMILES string of the molecule is CC(=O)C(C)N1CCCCCC1. The largest absolute Gasteiger partial charge is 0.298 e. The Bertz CT molecular complexity index is 148. The second-order valence-corrected chi connectivity index (χ2v) is 3.74. The highest BCUT2D eigenvalue weighted by Crippen LogP contribution is 2.12. The zero-order chi connectivity index (χ0) is 8.97. The molecule has 1 unspecified atom stereocenters. The van der Waals surface area contributed by atoms with Crippen LogP contribution in [-0.4, -0.2) is 29.8 Å². The van der Waals surface area contributed by atoms with Crippen molar-refractivity contribution in [3.63, 3.8) is 0 Å². The maximum Gasteiger partial charge on any atom is 0.146 e. The number of ketones is 1. The number of hydrogen-bond acceptors (Lipinski definition) is 2. The predicted molar refractivity (Wildman–Crippen MR) is 50.2 cm³/mol. The zero-order valence-electron chi connectivity index (χ0n) is 8.18. The number of nitrogens with zero attached hydrogens (tertiary/aromatic N) is 1. The van der Waals surface area contributed by atoms with Gasteiger partial charge in [0, 0.05) is 0 Å². The van der Waals surface area contributed by atoms with Gasteiger partial charge in [-0.1, -0.05) is 12.8 Å². The van der Waals surface area contributed by atoms with E-state index >= 15 is 0 Å². The zero-order valence-corrected chi connectivity index (χ0v) is 8.18. The lowest BCUT2D eigenvalue weighted by molar-refractivity contribution is -0.121. The van der Waals surface area contributed by atoms with E-state index in [1.165, 1.54) is 25.7 Å². The number of Topliss-reactive ketones (excluding diaryl/α,β-unsaturated/α-hetero) is 1. The van der Waals surface area contributed by atoms with Crippen LogP contribution in [0, 0.1) is 0 Å². The molecule has 12 heavy (non-hydrogen) atoms. The van der Waals surface area contributed by atoms with E-state index in [2.05, 4.69) is 4.90 Å². The molecule has 0 N–H and O–H groups in total.